The van der Waals surface area contributed by atoms with E-state index in [1.807, 2.05) is 20.0 Å². The Morgan fingerprint density at radius 3 is 2.76 bits per heavy atom. The highest BCUT2D eigenvalue weighted by atomic mass is 35.5. The number of halogens is 1. The van der Waals surface area contributed by atoms with Crippen LogP contribution >= 0.6 is 11.6 Å². The third-order valence-corrected chi connectivity index (χ3v) is 3.55. The fourth-order valence-corrected chi connectivity index (χ4v) is 2.25. The van der Waals surface area contributed by atoms with Crippen LogP contribution in [-0.2, 0) is 4.74 Å². The van der Waals surface area contributed by atoms with E-state index in [0.717, 1.165) is 36.5 Å². The molecule has 0 heterocycles. The van der Waals surface area contributed by atoms with Crippen molar-refractivity contribution in [3.63, 3.8) is 0 Å². The molecule has 1 rings (SSSR count). The summed E-state index contributed by atoms with van der Waals surface area (Å²) >= 11 is 6.34. The van der Waals surface area contributed by atoms with Crippen molar-refractivity contribution in [1.82, 2.24) is 5.32 Å². The molecule has 2 nitrogen and oxygen atoms in total. The summed E-state index contributed by atoms with van der Waals surface area (Å²) in [5.74, 6) is 0. The SMILES string of the molecule is CNC(CCCCOC)c1cccc(C)c1Cl. The van der Waals surface area contributed by atoms with Crippen LogP contribution in [0.5, 0.6) is 0 Å². The molecule has 0 saturated carbocycles. The van der Waals surface area contributed by atoms with Crippen LogP contribution < -0.4 is 5.32 Å². The summed E-state index contributed by atoms with van der Waals surface area (Å²) < 4.78 is 5.06. The normalized spacial score (nSPS) is 12.7. The molecule has 0 radical (unpaired) electrons. The van der Waals surface area contributed by atoms with Gasteiger partial charge in [0.25, 0.3) is 0 Å². The van der Waals surface area contributed by atoms with Crippen molar-refractivity contribution in [2.24, 2.45) is 0 Å². The lowest BCUT2D eigenvalue weighted by Gasteiger charge is -2.18. The summed E-state index contributed by atoms with van der Waals surface area (Å²) in [6, 6.07) is 6.55. The van der Waals surface area contributed by atoms with Crippen molar-refractivity contribution in [3.8, 4) is 0 Å². The third kappa shape index (κ3) is 4.30. The molecule has 1 N–H and O–H groups in total. The maximum atomic E-state index is 6.34. The quantitative estimate of drug-likeness (QED) is 0.750. The van der Waals surface area contributed by atoms with Gasteiger partial charge in [-0.25, -0.2) is 0 Å². The molecule has 1 aromatic rings. The lowest BCUT2D eigenvalue weighted by molar-refractivity contribution is 0.191. The first-order chi connectivity index (χ1) is 8.20. The molecule has 0 spiro atoms. The summed E-state index contributed by atoms with van der Waals surface area (Å²) in [7, 11) is 3.73. The predicted molar refractivity (Wildman–Crippen MR) is 73.7 cm³/mol. The zero-order valence-electron chi connectivity index (χ0n) is 10.9. The van der Waals surface area contributed by atoms with Crippen molar-refractivity contribution in [2.45, 2.75) is 32.2 Å². The standard InChI is InChI=1S/C14H22ClNO/c1-11-7-6-8-12(14(11)15)13(16-2)9-4-5-10-17-3/h6-8,13,16H,4-5,9-10H2,1-3H3. The van der Waals surface area contributed by atoms with E-state index in [0.29, 0.717) is 6.04 Å². The van der Waals surface area contributed by atoms with E-state index in [1.54, 1.807) is 7.11 Å². The molecular formula is C14H22ClNO. The van der Waals surface area contributed by atoms with Gasteiger partial charge in [-0.3, -0.25) is 0 Å². The molecular weight excluding hydrogens is 234 g/mol. The second-order valence-corrected chi connectivity index (χ2v) is 4.69. The number of ether oxygens (including phenoxy) is 1. The fourth-order valence-electron chi connectivity index (χ4n) is 1.99. The minimum absolute atomic E-state index is 0.333. The Kier molecular flexibility index (Phi) is 6.56. The number of benzene rings is 1. The second kappa shape index (κ2) is 7.70. The number of hydrogen-bond donors (Lipinski definition) is 1. The number of rotatable bonds is 7. The molecule has 17 heavy (non-hydrogen) atoms. The van der Waals surface area contributed by atoms with Crippen LogP contribution in [0.15, 0.2) is 18.2 Å². The zero-order chi connectivity index (χ0) is 12.7. The molecule has 0 aliphatic heterocycles. The number of nitrogens with one attached hydrogen (secondary N) is 1. The van der Waals surface area contributed by atoms with Crippen LogP contribution in [0.3, 0.4) is 0 Å². The third-order valence-electron chi connectivity index (χ3n) is 3.04. The Morgan fingerprint density at radius 1 is 1.35 bits per heavy atom. The summed E-state index contributed by atoms with van der Waals surface area (Å²) in [6.07, 6.45) is 3.32. The Morgan fingerprint density at radius 2 is 2.12 bits per heavy atom. The highest BCUT2D eigenvalue weighted by Crippen LogP contribution is 2.28. The van der Waals surface area contributed by atoms with Gasteiger partial charge in [0.2, 0.25) is 0 Å². The first kappa shape index (κ1) is 14.5. The fraction of sp³-hybridized carbons (Fsp3) is 0.571. The molecule has 0 aliphatic rings. The molecule has 3 heteroatoms. The molecule has 0 bridgehead atoms. The summed E-state index contributed by atoms with van der Waals surface area (Å²) in [6.45, 7) is 2.88. The van der Waals surface area contributed by atoms with E-state index in [4.69, 9.17) is 16.3 Å². The molecule has 0 fully saturated rings. The topological polar surface area (TPSA) is 21.3 Å². The number of hydrogen-bond acceptors (Lipinski definition) is 2. The van der Waals surface area contributed by atoms with Crippen molar-refractivity contribution >= 4 is 11.6 Å². The molecule has 1 aromatic carbocycles. The molecule has 0 aliphatic carbocycles. The highest BCUT2D eigenvalue weighted by Gasteiger charge is 2.13. The largest absolute Gasteiger partial charge is 0.385 e. The lowest BCUT2D eigenvalue weighted by atomic mass is 9.99. The van der Waals surface area contributed by atoms with E-state index >= 15 is 0 Å². The maximum absolute atomic E-state index is 6.34. The Hall–Kier alpha value is -0.570. The van der Waals surface area contributed by atoms with Gasteiger partial charge in [-0.05, 0) is 44.4 Å². The zero-order valence-corrected chi connectivity index (χ0v) is 11.7. The Balaban J connectivity index is 2.63. The first-order valence-corrected chi connectivity index (χ1v) is 6.49. The van der Waals surface area contributed by atoms with Crippen molar-refractivity contribution in [1.29, 1.82) is 0 Å². The average molecular weight is 256 g/mol. The smallest absolute Gasteiger partial charge is 0.0482 e. The first-order valence-electron chi connectivity index (χ1n) is 6.12. The van der Waals surface area contributed by atoms with Gasteiger partial charge in [0.1, 0.15) is 0 Å². The monoisotopic (exact) mass is 255 g/mol. The van der Waals surface area contributed by atoms with Gasteiger partial charge in [0, 0.05) is 24.8 Å². The Labute approximate surface area is 109 Å². The van der Waals surface area contributed by atoms with Crippen LogP contribution in [0.2, 0.25) is 5.02 Å². The van der Waals surface area contributed by atoms with Gasteiger partial charge in [0.05, 0.1) is 0 Å². The van der Waals surface area contributed by atoms with Crippen molar-refractivity contribution in [2.75, 3.05) is 20.8 Å². The lowest BCUT2D eigenvalue weighted by Crippen LogP contribution is -2.17. The summed E-state index contributed by atoms with van der Waals surface area (Å²) in [5, 5.41) is 4.23. The van der Waals surface area contributed by atoms with Crippen molar-refractivity contribution in [3.05, 3.63) is 34.3 Å². The van der Waals surface area contributed by atoms with E-state index in [-0.39, 0.29) is 0 Å². The molecule has 1 atom stereocenters. The van der Waals surface area contributed by atoms with Gasteiger partial charge in [-0.15, -0.1) is 0 Å². The van der Waals surface area contributed by atoms with Gasteiger partial charge in [-0.1, -0.05) is 29.8 Å². The van der Waals surface area contributed by atoms with E-state index in [9.17, 15) is 0 Å². The highest BCUT2D eigenvalue weighted by molar-refractivity contribution is 6.32. The second-order valence-electron chi connectivity index (χ2n) is 4.31. The van der Waals surface area contributed by atoms with E-state index < -0.39 is 0 Å². The van der Waals surface area contributed by atoms with Gasteiger partial charge in [-0.2, -0.15) is 0 Å². The molecule has 96 valence electrons. The summed E-state index contributed by atoms with van der Waals surface area (Å²) in [4.78, 5) is 0. The number of unbranched alkanes of at least 4 members (excludes halogenated alkanes) is 1. The minimum Gasteiger partial charge on any atom is -0.385 e. The van der Waals surface area contributed by atoms with Crippen LogP contribution in [0.4, 0.5) is 0 Å². The molecule has 1 unspecified atom stereocenters. The molecule has 0 aromatic heterocycles. The van der Waals surface area contributed by atoms with Crippen LogP contribution in [0, 0.1) is 6.92 Å². The van der Waals surface area contributed by atoms with Crippen LogP contribution in [0.1, 0.15) is 36.4 Å². The molecule has 0 saturated heterocycles. The number of methoxy groups -OCH3 is 1. The average Bonchev–Trinajstić information content (AvgIpc) is 2.34. The van der Waals surface area contributed by atoms with E-state index in [1.165, 1.54) is 5.56 Å². The van der Waals surface area contributed by atoms with Gasteiger partial charge >= 0.3 is 0 Å². The molecule has 0 amide bonds. The minimum atomic E-state index is 0.333. The predicted octanol–water partition coefficient (Wildman–Crippen LogP) is 3.73. The van der Waals surface area contributed by atoms with Crippen LogP contribution in [0.25, 0.3) is 0 Å². The van der Waals surface area contributed by atoms with E-state index in [2.05, 4.69) is 17.4 Å². The van der Waals surface area contributed by atoms with Crippen molar-refractivity contribution < 1.29 is 4.74 Å². The Bertz CT molecular complexity index is 341. The number of aryl methyl sites for hydroxylation is 1. The van der Waals surface area contributed by atoms with Gasteiger partial charge < -0.3 is 10.1 Å². The van der Waals surface area contributed by atoms with Gasteiger partial charge in [0.15, 0.2) is 0 Å². The summed E-state index contributed by atoms with van der Waals surface area (Å²) in [5.41, 5.74) is 2.34. The maximum Gasteiger partial charge on any atom is 0.0482 e. The van der Waals surface area contributed by atoms with Crippen LogP contribution in [-0.4, -0.2) is 20.8 Å².